The Morgan fingerprint density at radius 1 is 0.977 bits per heavy atom. The third kappa shape index (κ3) is 7.43. The molecule has 9 nitrogen and oxygen atoms in total. The summed E-state index contributed by atoms with van der Waals surface area (Å²) in [5.41, 5.74) is 4.25. The van der Waals surface area contributed by atoms with Crippen LogP contribution in [0.2, 0.25) is 0 Å². The van der Waals surface area contributed by atoms with Gasteiger partial charge in [0.15, 0.2) is 0 Å². The molecule has 4 rings (SSSR count). The molecular formula is C31H34F2N3O6P. The molecule has 0 aromatic heterocycles. The van der Waals surface area contributed by atoms with Crippen LogP contribution in [-0.4, -0.2) is 55.9 Å². The number of nitrogens with zero attached hydrogens (tertiary/aromatic N) is 2. The van der Waals surface area contributed by atoms with Crippen LogP contribution in [0, 0.1) is 0 Å². The summed E-state index contributed by atoms with van der Waals surface area (Å²) in [6.45, 7) is 1.96. The minimum absolute atomic E-state index is 0.150. The lowest BCUT2D eigenvalue weighted by molar-refractivity contribution is -0.154. The highest BCUT2D eigenvalue weighted by atomic mass is 31.2. The second-order valence-corrected chi connectivity index (χ2v) is 12.3. The first-order chi connectivity index (χ1) is 20.3. The Kier molecular flexibility index (Phi) is 9.92. The highest BCUT2D eigenvalue weighted by molar-refractivity contribution is 7.52. The fraction of sp³-hybridized carbons (Fsp3) is 0.323. The lowest BCUT2D eigenvalue weighted by Gasteiger charge is -2.32. The van der Waals surface area contributed by atoms with Gasteiger partial charge in [-0.25, -0.2) is 0 Å². The van der Waals surface area contributed by atoms with Gasteiger partial charge in [0.2, 0.25) is 17.7 Å². The minimum Gasteiger partial charge on any atom is -0.337 e. The van der Waals surface area contributed by atoms with Crippen molar-refractivity contribution in [1.29, 1.82) is 0 Å². The fourth-order valence-corrected chi connectivity index (χ4v) is 5.68. The average Bonchev–Trinajstić information content (AvgIpc) is 3.14. The highest BCUT2D eigenvalue weighted by Gasteiger charge is 2.50. The summed E-state index contributed by atoms with van der Waals surface area (Å²) in [6, 6.07) is 19.5. The van der Waals surface area contributed by atoms with Gasteiger partial charge >= 0.3 is 13.3 Å². The van der Waals surface area contributed by atoms with Crippen molar-refractivity contribution in [3.05, 3.63) is 95.6 Å². The molecule has 3 amide bonds. The van der Waals surface area contributed by atoms with E-state index in [0.29, 0.717) is 31.5 Å². The normalized spacial score (nSPS) is 16.8. The Morgan fingerprint density at radius 2 is 1.56 bits per heavy atom. The topological polar surface area (TPSA) is 141 Å². The smallest absolute Gasteiger partial charge is 0.337 e. The number of alkyl halides is 2. The van der Waals surface area contributed by atoms with Crippen molar-refractivity contribution in [3.63, 3.8) is 0 Å². The predicted octanol–water partition coefficient (Wildman–Crippen LogP) is 4.41. The van der Waals surface area contributed by atoms with Crippen molar-refractivity contribution in [2.45, 2.75) is 56.9 Å². The number of halogens is 2. The van der Waals surface area contributed by atoms with E-state index in [2.05, 4.69) is 0 Å². The summed E-state index contributed by atoms with van der Waals surface area (Å²) < 4.78 is 39.1. The molecule has 1 fully saturated rings. The molecule has 3 aromatic carbocycles. The number of hydrogen-bond donors (Lipinski definition) is 3. The summed E-state index contributed by atoms with van der Waals surface area (Å²) in [6.07, 6.45) is 1.44. The van der Waals surface area contributed by atoms with Crippen molar-refractivity contribution in [2.24, 2.45) is 5.73 Å². The van der Waals surface area contributed by atoms with Gasteiger partial charge in [0.25, 0.3) is 0 Å². The van der Waals surface area contributed by atoms with Crippen LogP contribution < -0.4 is 5.73 Å². The maximum atomic E-state index is 14.0. The Morgan fingerprint density at radius 3 is 2.14 bits per heavy atom. The molecule has 43 heavy (non-hydrogen) atoms. The van der Waals surface area contributed by atoms with E-state index in [4.69, 9.17) is 15.5 Å². The number of hydrogen-bond acceptors (Lipinski definition) is 5. The molecule has 1 aliphatic rings. The van der Waals surface area contributed by atoms with Crippen molar-refractivity contribution in [3.8, 4) is 11.1 Å². The molecule has 1 heterocycles. The molecule has 228 valence electrons. The first-order valence-corrected chi connectivity index (χ1v) is 15.5. The molecule has 3 aromatic rings. The Balaban J connectivity index is 1.47. The number of likely N-dealkylation sites (tertiary alicyclic amines) is 1. The van der Waals surface area contributed by atoms with E-state index >= 15 is 0 Å². The number of benzene rings is 3. The molecule has 1 saturated heterocycles. The standard InChI is InChI=1S/C31H34F2N3O6P/c1-21(37)36(29(38)27(34)19-22-12-16-26(17-13-22)31(32,33)43(40,41)42)28-9-5-6-18-35(30(28)39)20-23-10-14-25(15-11-23)24-7-3-2-4-8-24/h2-4,7-8,10-17,27-28H,5-6,9,18-20,34H2,1H3,(H2,40,41,42). The molecule has 0 bridgehead atoms. The zero-order valence-electron chi connectivity index (χ0n) is 23.6. The average molecular weight is 614 g/mol. The molecule has 0 radical (unpaired) electrons. The van der Waals surface area contributed by atoms with Crippen molar-refractivity contribution in [2.75, 3.05) is 6.54 Å². The summed E-state index contributed by atoms with van der Waals surface area (Å²) in [5, 5.41) is 0. The van der Waals surface area contributed by atoms with Gasteiger partial charge in [-0.15, -0.1) is 0 Å². The lowest BCUT2D eigenvalue weighted by atomic mass is 10.0. The molecule has 12 heteroatoms. The zero-order chi connectivity index (χ0) is 31.4. The van der Waals surface area contributed by atoms with Crippen LogP contribution in [0.1, 0.15) is 42.9 Å². The summed E-state index contributed by atoms with van der Waals surface area (Å²) in [7, 11) is -5.73. The van der Waals surface area contributed by atoms with E-state index in [1.165, 1.54) is 19.1 Å². The second-order valence-electron chi connectivity index (χ2n) is 10.7. The van der Waals surface area contributed by atoms with Gasteiger partial charge in [-0.3, -0.25) is 23.8 Å². The predicted molar refractivity (Wildman–Crippen MR) is 157 cm³/mol. The van der Waals surface area contributed by atoms with E-state index in [-0.39, 0.29) is 18.7 Å². The van der Waals surface area contributed by atoms with E-state index < -0.39 is 42.7 Å². The summed E-state index contributed by atoms with van der Waals surface area (Å²) in [4.78, 5) is 60.3. The number of amides is 3. The maximum absolute atomic E-state index is 14.0. The molecule has 4 N–H and O–H groups in total. The van der Waals surface area contributed by atoms with Crippen LogP contribution in [0.15, 0.2) is 78.9 Å². The number of imide groups is 1. The molecule has 0 aliphatic carbocycles. The monoisotopic (exact) mass is 613 g/mol. The van der Waals surface area contributed by atoms with Crippen molar-refractivity contribution in [1.82, 2.24) is 9.80 Å². The molecule has 1 aliphatic heterocycles. The first-order valence-electron chi connectivity index (χ1n) is 13.8. The van der Waals surface area contributed by atoms with Crippen molar-refractivity contribution >= 4 is 25.3 Å². The second kappa shape index (κ2) is 13.3. The third-order valence-electron chi connectivity index (χ3n) is 7.52. The van der Waals surface area contributed by atoms with Gasteiger partial charge in [-0.1, -0.05) is 78.9 Å². The quantitative estimate of drug-likeness (QED) is 0.304. The van der Waals surface area contributed by atoms with Gasteiger partial charge in [0.1, 0.15) is 6.04 Å². The van der Waals surface area contributed by atoms with Crippen LogP contribution in [0.25, 0.3) is 11.1 Å². The van der Waals surface area contributed by atoms with Gasteiger partial charge < -0.3 is 20.4 Å². The molecule has 0 saturated carbocycles. The van der Waals surface area contributed by atoms with Crippen LogP contribution in [-0.2, 0) is 37.6 Å². The lowest BCUT2D eigenvalue weighted by Crippen LogP contribution is -2.56. The maximum Gasteiger partial charge on any atom is 0.399 e. The number of carbonyl (C=O) groups is 3. The minimum atomic E-state index is -5.73. The Bertz CT molecular complexity index is 1500. The van der Waals surface area contributed by atoms with Gasteiger partial charge in [0, 0.05) is 25.6 Å². The molecule has 2 unspecified atom stereocenters. The number of nitrogens with two attached hydrogens (primary N) is 1. The molecular weight excluding hydrogens is 579 g/mol. The summed E-state index contributed by atoms with van der Waals surface area (Å²) >= 11 is 0. The largest absolute Gasteiger partial charge is 0.399 e. The van der Waals surface area contributed by atoms with Crippen LogP contribution in [0.4, 0.5) is 8.78 Å². The highest BCUT2D eigenvalue weighted by Crippen LogP contribution is 2.59. The van der Waals surface area contributed by atoms with E-state index in [1.807, 2.05) is 54.6 Å². The van der Waals surface area contributed by atoms with E-state index in [0.717, 1.165) is 33.7 Å². The van der Waals surface area contributed by atoms with Gasteiger partial charge in [0.05, 0.1) is 6.04 Å². The van der Waals surface area contributed by atoms with Gasteiger partial charge in [-0.05, 0) is 47.9 Å². The van der Waals surface area contributed by atoms with Crippen LogP contribution in [0.5, 0.6) is 0 Å². The van der Waals surface area contributed by atoms with Crippen LogP contribution in [0.3, 0.4) is 0 Å². The SMILES string of the molecule is CC(=O)N(C(=O)C(N)Cc1ccc(C(F)(F)P(=O)(O)O)cc1)C1CCCCN(Cc2ccc(-c3ccccc3)cc2)C1=O. The van der Waals surface area contributed by atoms with Gasteiger partial charge in [-0.2, -0.15) is 8.78 Å². The summed E-state index contributed by atoms with van der Waals surface area (Å²) in [5.74, 6) is -1.77. The molecule has 2 atom stereocenters. The fourth-order valence-electron chi connectivity index (χ4n) is 5.19. The van der Waals surface area contributed by atoms with Crippen LogP contribution >= 0.6 is 7.60 Å². The van der Waals surface area contributed by atoms with E-state index in [1.54, 1.807) is 4.90 Å². The Labute approximate surface area is 248 Å². The zero-order valence-corrected chi connectivity index (χ0v) is 24.5. The first kappa shape index (κ1) is 32.2. The van der Waals surface area contributed by atoms with Crippen molar-refractivity contribution < 1.29 is 37.5 Å². The molecule has 0 spiro atoms. The number of carbonyl (C=O) groups excluding carboxylic acids is 3. The van der Waals surface area contributed by atoms with E-state index in [9.17, 15) is 27.7 Å². The Hall–Kier alpha value is -3.76. The third-order valence-corrected chi connectivity index (χ3v) is 8.50. The number of rotatable bonds is 9.